The molecular weight excluding hydrogens is 444 g/mol. The van der Waals surface area contributed by atoms with Crippen molar-refractivity contribution in [2.45, 2.75) is 45.0 Å². The van der Waals surface area contributed by atoms with Crippen LogP contribution in [0.5, 0.6) is 5.75 Å². The van der Waals surface area contributed by atoms with Gasteiger partial charge in [-0.25, -0.2) is 4.68 Å². The number of nitrogens with one attached hydrogen (secondary N) is 1. The van der Waals surface area contributed by atoms with Crippen molar-refractivity contribution in [3.05, 3.63) is 81.9 Å². The van der Waals surface area contributed by atoms with E-state index in [4.69, 9.17) is 9.47 Å². The summed E-state index contributed by atoms with van der Waals surface area (Å²) in [5.74, 6) is 1.53. The van der Waals surface area contributed by atoms with Gasteiger partial charge in [0.05, 0.1) is 26.3 Å². The summed E-state index contributed by atoms with van der Waals surface area (Å²) in [6.45, 7) is 3.20. The highest BCUT2D eigenvalue weighted by Crippen LogP contribution is 2.20. The van der Waals surface area contributed by atoms with Gasteiger partial charge in [0.1, 0.15) is 5.75 Å². The molecule has 1 saturated heterocycles. The van der Waals surface area contributed by atoms with Crippen molar-refractivity contribution in [3.63, 3.8) is 0 Å². The molecule has 1 N–H and O–H groups in total. The van der Waals surface area contributed by atoms with Crippen molar-refractivity contribution >= 4 is 10.9 Å². The van der Waals surface area contributed by atoms with Gasteiger partial charge in [0, 0.05) is 36.2 Å². The monoisotopic (exact) mass is 474 g/mol. The lowest BCUT2D eigenvalue weighted by Crippen LogP contribution is -2.30. The molecule has 9 heteroatoms. The largest absolute Gasteiger partial charge is 0.497 e. The first-order chi connectivity index (χ1) is 17.2. The topological polar surface area (TPSA) is 98.2 Å². The van der Waals surface area contributed by atoms with E-state index >= 15 is 0 Å². The van der Waals surface area contributed by atoms with Crippen LogP contribution in [0.2, 0.25) is 0 Å². The van der Waals surface area contributed by atoms with E-state index in [1.165, 1.54) is 5.56 Å². The molecule has 35 heavy (non-hydrogen) atoms. The Morgan fingerprint density at radius 2 is 2.06 bits per heavy atom. The first-order valence-electron chi connectivity index (χ1n) is 12.0. The molecule has 2 aromatic carbocycles. The number of nitrogens with zero attached hydrogens (tertiary/aromatic N) is 5. The van der Waals surface area contributed by atoms with Gasteiger partial charge in [-0.3, -0.25) is 9.69 Å². The smallest absolute Gasteiger partial charge is 0.252 e. The number of fused-ring (bicyclic) bond motifs is 1. The van der Waals surface area contributed by atoms with Gasteiger partial charge in [0.15, 0.2) is 5.82 Å². The summed E-state index contributed by atoms with van der Waals surface area (Å²) in [7, 11) is 1.64. The number of hydrogen-bond acceptors (Lipinski definition) is 7. The van der Waals surface area contributed by atoms with Crippen molar-refractivity contribution in [1.82, 2.24) is 30.1 Å². The molecule has 182 valence electrons. The molecular formula is C26H30N6O3. The molecule has 1 aliphatic heterocycles. The molecule has 0 aliphatic carbocycles. The fourth-order valence-corrected chi connectivity index (χ4v) is 4.52. The Hall–Kier alpha value is -3.56. The second-order valence-electron chi connectivity index (χ2n) is 8.94. The summed E-state index contributed by atoms with van der Waals surface area (Å²) in [4.78, 5) is 18.2. The van der Waals surface area contributed by atoms with Crippen molar-refractivity contribution in [2.24, 2.45) is 0 Å². The SMILES string of the molecule is COc1ccc2[nH]c(=O)c(CN(CCc3ccccc3)Cc3nnnn3C[C@H]3CCCO3)cc2c1. The minimum Gasteiger partial charge on any atom is -0.497 e. The molecule has 4 aromatic rings. The van der Waals surface area contributed by atoms with Crippen LogP contribution in [0.1, 0.15) is 29.8 Å². The molecule has 5 rings (SSSR count). The quantitative estimate of drug-likeness (QED) is 0.377. The zero-order chi connectivity index (χ0) is 24.0. The van der Waals surface area contributed by atoms with Gasteiger partial charge in [-0.2, -0.15) is 0 Å². The van der Waals surface area contributed by atoms with Crippen LogP contribution >= 0.6 is 0 Å². The van der Waals surface area contributed by atoms with E-state index in [9.17, 15) is 4.79 Å². The summed E-state index contributed by atoms with van der Waals surface area (Å²) in [5.41, 5.74) is 2.63. The Bertz CT molecular complexity index is 1310. The van der Waals surface area contributed by atoms with E-state index in [1.54, 1.807) is 7.11 Å². The van der Waals surface area contributed by atoms with Crippen LogP contribution in [0, 0.1) is 0 Å². The third kappa shape index (κ3) is 5.75. The van der Waals surface area contributed by atoms with Crippen LogP contribution in [-0.4, -0.2) is 56.5 Å². The molecule has 3 heterocycles. The summed E-state index contributed by atoms with van der Waals surface area (Å²) >= 11 is 0. The number of pyridine rings is 1. The summed E-state index contributed by atoms with van der Waals surface area (Å²) < 4.78 is 13.0. The van der Waals surface area contributed by atoms with Crippen LogP contribution in [0.15, 0.2) is 59.4 Å². The highest BCUT2D eigenvalue weighted by atomic mass is 16.5. The molecule has 1 atom stereocenters. The lowest BCUT2D eigenvalue weighted by Gasteiger charge is -2.22. The predicted octanol–water partition coefficient (Wildman–Crippen LogP) is 2.95. The van der Waals surface area contributed by atoms with Crippen LogP contribution in [0.4, 0.5) is 0 Å². The number of aromatic amines is 1. The number of H-pyrrole nitrogens is 1. The Kier molecular flexibility index (Phi) is 7.15. The van der Waals surface area contributed by atoms with Crippen molar-refractivity contribution in [1.29, 1.82) is 0 Å². The Labute approximate surface area is 203 Å². The standard InChI is InChI=1S/C26H30N6O3/c1-34-22-9-10-24-20(15-22)14-21(26(33)27-24)16-31(12-11-19-6-3-2-4-7-19)18-25-28-29-30-32(25)17-23-8-5-13-35-23/h2-4,6-7,9-10,14-15,23H,5,8,11-13,16-18H2,1H3,(H,27,33)/t23-/m1/s1. The van der Waals surface area contributed by atoms with E-state index < -0.39 is 0 Å². The number of hydrogen-bond donors (Lipinski definition) is 1. The Morgan fingerprint density at radius 3 is 2.86 bits per heavy atom. The molecule has 0 radical (unpaired) electrons. The maximum Gasteiger partial charge on any atom is 0.252 e. The fourth-order valence-electron chi connectivity index (χ4n) is 4.52. The zero-order valence-electron chi connectivity index (χ0n) is 19.9. The molecule has 2 aromatic heterocycles. The number of aromatic nitrogens is 5. The first-order valence-corrected chi connectivity index (χ1v) is 12.0. The van der Waals surface area contributed by atoms with Gasteiger partial charge in [-0.15, -0.1) is 5.10 Å². The molecule has 1 aliphatic rings. The van der Waals surface area contributed by atoms with Crippen LogP contribution in [0.3, 0.4) is 0 Å². The average molecular weight is 475 g/mol. The fraction of sp³-hybridized carbons (Fsp3) is 0.385. The second-order valence-corrected chi connectivity index (χ2v) is 8.94. The highest BCUT2D eigenvalue weighted by Gasteiger charge is 2.20. The number of rotatable bonds is 10. The normalized spacial score (nSPS) is 15.8. The van der Waals surface area contributed by atoms with E-state index in [0.717, 1.165) is 54.9 Å². The van der Waals surface area contributed by atoms with Gasteiger partial charge in [-0.05, 0) is 59.5 Å². The van der Waals surface area contributed by atoms with E-state index in [-0.39, 0.29) is 11.7 Å². The molecule has 0 bridgehead atoms. The Balaban J connectivity index is 1.39. The minimum absolute atomic E-state index is 0.0914. The van der Waals surface area contributed by atoms with E-state index in [0.29, 0.717) is 25.2 Å². The van der Waals surface area contributed by atoms with Crippen LogP contribution in [-0.2, 0) is 30.8 Å². The first kappa shape index (κ1) is 23.2. The lowest BCUT2D eigenvalue weighted by atomic mass is 10.1. The number of methoxy groups -OCH3 is 1. The summed E-state index contributed by atoms with van der Waals surface area (Å²) in [6, 6.07) is 17.9. The number of benzene rings is 2. The minimum atomic E-state index is -0.0914. The molecule has 0 spiro atoms. The highest BCUT2D eigenvalue weighted by molar-refractivity contribution is 5.80. The lowest BCUT2D eigenvalue weighted by molar-refractivity contribution is 0.0916. The molecule has 0 unspecified atom stereocenters. The second kappa shape index (κ2) is 10.8. The molecule has 0 amide bonds. The maximum atomic E-state index is 12.9. The van der Waals surface area contributed by atoms with Gasteiger partial charge >= 0.3 is 0 Å². The van der Waals surface area contributed by atoms with Gasteiger partial charge in [0.25, 0.3) is 5.56 Å². The molecule has 1 fully saturated rings. The van der Waals surface area contributed by atoms with Crippen molar-refractivity contribution in [3.8, 4) is 5.75 Å². The van der Waals surface area contributed by atoms with Gasteiger partial charge < -0.3 is 14.5 Å². The predicted molar refractivity (Wildman–Crippen MR) is 132 cm³/mol. The number of tetrazole rings is 1. The number of ether oxygens (including phenoxy) is 2. The third-order valence-electron chi connectivity index (χ3n) is 6.45. The van der Waals surface area contributed by atoms with Crippen LogP contribution in [0.25, 0.3) is 10.9 Å². The van der Waals surface area contributed by atoms with E-state index in [2.05, 4.69) is 37.5 Å². The summed E-state index contributed by atoms with van der Waals surface area (Å²) in [6.07, 6.45) is 3.09. The van der Waals surface area contributed by atoms with Crippen LogP contribution < -0.4 is 10.3 Å². The maximum absolute atomic E-state index is 12.9. The van der Waals surface area contributed by atoms with Crippen molar-refractivity contribution < 1.29 is 9.47 Å². The van der Waals surface area contributed by atoms with Crippen molar-refractivity contribution in [2.75, 3.05) is 20.3 Å². The van der Waals surface area contributed by atoms with Gasteiger partial charge in [0.2, 0.25) is 0 Å². The Morgan fingerprint density at radius 1 is 1.17 bits per heavy atom. The van der Waals surface area contributed by atoms with Gasteiger partial charge in [-0.1, -0.05) is 30.3 Å². The molecule has 9 nitrogen and oxygen atoms in total. The third-order valence-corrected chi connectivity index (χ3v) is 6.45. The average Bonchev–Trinajstić information content (AvgIpc) is 3.56. The van der Waals surface area contributed by atoms with E-state index in [1.807, 2.05) is 47.1 Å². The summed E-state index contributed by atoms with van der Waals surface area (Å²) in [5, 5.41) is 13.3. The zero-order valence-corrected chi connectivity index (χ0v) is 19.9. The molecule has 0 saturated carbocycles.